The third-order valence-corrected chi connectivity index (χ3v) is 9.00. The van der Waals surface area contributed by atoms with Crippen molar-refractivity contribution in [2.45, 2.75) is 51.9 Å². The van der Waals surface area contributed by atoms with Crippen LogP contribution in [-0.4, -0.2) is 46.1 Å². The van der Waals surface area contributed by atoms with Gasteiger partial charge in [-0.3, -0.25) is 4.98 Å². The largest absolute Gasteiger partial charge is 0.463 e. The predicted molar refractivity (Wildman–Crippen MR) is 95.0 cm³/mol. The quantitative estimate of drug-likeness (QED) is 0.595. The zero-order chi connectivity index (χ0) is 18.8. The standard InChI is InChI=1S/C16H25N5O3Si/c1-11(24-25(6,7)16(2,3)4)12-14(18-9-8-17-12)21-10-19-13(20-21)15(22)23-5/h8-11H,1-7H3/t11-/m1/s1. The van der Waals surface area contributed by atoms with Gasteiger partial charge in [0.05, 0.1) is 13.2 Å². The van der Waals surface area contributed by atoms with Crippen molar-refractivity contribution in [1.29, 1.82) is 0 Å². The molecule has 1 atom stereocenters. The maximum absolute atomic E-state index is 11.6. The van der Waals surface area contributed by atoms with Crippen LogP contribution in [-0.2, 0) is 9.16 Å². The van der Waals surface area contributed by atoms with Crippen LogP contribution in [0, 0.1) is 0 Å². The molecule has 9 heteroatoms. The van der Waals surface area contributed by atoms with Crippen LogP contribution in [0.2, 0.25) is 18.1 Å². The van der Waals surface area contributed by atoms with Gasteiger partial charge < -0.3 is 9.16 Å². The highest BCUT2D eigenvalue weighted by molar-refractivity contribution is 6.74. The van der Waals surface area contributed by atoms with Gasteiger partial charge in [-0.25, -0.2) is 14.8 Å². The molecule has 25 heavy (non-hydrogen) atoms. The van der Waals surface area contributed by atoms with Crippen LogP contribution in [0.4, 0.5) is 0 Å². The fourth-order valence-corrected chi connectivity index (χ4v) is 3.38. The van der Waals surface area contributed by atoms with Gasteiger partial charge in [-0.05, 0) is 25.1 Å². The molecular formula is C16H25N5O3Si. The van der Waals surface area contributed by atoms with E-state index in [9.17, 15) is 4.79 Å². The average molecular weight is 363 g/mol. The summed E-state index contributed by atoms with van der Waals surface area (Å²) in [6.45, 7) is 12.9. The summed E-state index contributed by atoms with van der Waals surface area (Å²) in [5.74, 6) is -0.150. The normalized spacial score (nSPS) is 13.6. The lowest BCUT2D eigenvalue weighted by Gasteiger charge is -2.38. The Bertz CT molecular complexity index is 754. The molecular weight excluding hydrogens is 338 g/mol. The molecule has 0 saturated heterocycles. The number of rotatable bonds is 5. The van der Waals surface area contributed by atoms with Gasteiger partial charge in [-0.15, -0.1) is 5.10 Å². The van der Waals surface area contributed by atoms with E-state index in [1.165, 1.54) is 18.1 Å². The summed E-state index contributed by atoms with van der Waals surface area (Å²) in [5, 5.41) is 4.20. The fourth-order valence-electron chi connectivity index (χ4n) is 2.03. The molecule has 0 fully saturated rings. The zero-order valence-corrected chi connectivity index (χ0v) is 16.8. The number of methoxy groups -OCH3 is 1. The number of hydrogen-bond acceptors (Lipinski definition) is 7. The summed E-state index contributed by atoms with van der Waals surface area (Å²) in [7, 11) is -0.697. The molecule has 0 aliphatic carbocycles. The van der Waals surface area contributed by atoms with Gasteiger partial charge in [0.15, 0.2) is 14.1 Å². The van der Waals surface area contributed by atoms with Gasteiger partial charge in [0, 0.05) is 12.4 Å². The smallest absolute Gasteiger partial charge is 0.377 e. The molecule has 2 aromatic rings. The van der Waals surface area contributed by atoms with Crippen molar-refractivity contribution < 1.29 is 14.0 Å². The van der Waals surface area contributed by atoms with E-state index in [-0.39, 0.29) is 17.0 Å². The second-order valence-corrected chi connectivity index (χ2v) is 12.0. The molecule has 2 heterocycles. The van der Waals surface area contributed by atoms with Crippen LogP contribution in [0.1, 0.15) is 50.1 Å². The Morgan fingerprint density at radius 1 is 1.20 bits per heavy atom. The van der Waals surface area contributed by atoms with E-state index < -0.39 is 14.3 Å². The van der Waals surface area contributed by atoms with E-state index >= 15 is 0 Å². The zero-order valence-electron chi connectivity index (χ0n) is 15.8. The first-order valence-electron chi connectivity index (χ1n) is 8.06. The molecule has 2 rings (SSSR count). The summed E-state index contributed by atoms with van der Waals surface area (Å²) in [6, 6.07) is 0. The summed E-state index contributed by atoms with van der Waals surface area (Å²) in [4.78, 5) is 24.3. The van der Waals surface area contributed by atoms with Crippen molar-refractivity contribution in [3.63, 3.8) is 0 Å². The van der Waals surface area contributed by atoms with Crippen molar-refractivity contribution in [3.05, 3.63) is 30.2 Å². The summed E-state index contributed by atoms with van der Waals surface area (Å²) in [5.41, 5.74) is 0.647. The Morgan fingerprint density at radius 3 is 2.44 bits per heavy atom. The molecule has 0 radical (unpaired) electrons. The van der Waals surface area contributed by atoms with E-state index in [1.807, 2.05) is 6.92 Å². The summed E-state index contributed by atoms with van der Waals surface area (Å²) in [6.07, 6.45) is 4.33. The van der Waals surface area contributed by atoms with E-state index in [0.29, 0.717) is 11.5 Å². The third kappa shape index (κ3) is 4.10. The van der Waals surface area contributed by atoms with Crippen LogP contribution < -0.4 is 0 Å². The Balaban J connectivity index is 2.35. The second-order valence-electron chi connectivity index (χ2n) is 7.29. The first kappa shape index (κ1) is 19.2. The van der Waals surface area contributed by atoms with Gasteiger partial charge in [-0.2, -0.15) is 4.68 Å². The van der Waals surface area contributed by atoms with E-state index in [4.69, 9.17) is 4.43 Å². The molecule has 0 aliphatic rings. The molecule has 0 aliphatic heterocycles. The van der Waals surface area contributed by atoms with E-state index in [2.05, 4.69) is 58.7 Å². The SMILES string of the molecule is COC(=O)c1ncn(-c2nccnc2[C@@H](C)O[Si](C)(C)C(C)(C)C)n1. The van der Waals surface area contributed by atoms with Crippen molar-refractivity contribution in [1.82, 2.24) is 24.7 Å². The maximum Gasteiger partial charge on any atom is 0.377 e. The fraction of sp³-hybridized carbons (Fsp3) is 0.562. The minimum Gasteiger partial charge on any atom is -0.463 e. The monoisotopic (exact) mass is 363 g/mol. The molecule has 0 N–H and O–H groups in total. The molecule has 0 saturated carbocycles. The summed E-state index contributed by atoms with van der Waals surface area (Å²) < 4.78 is 12.5. The van der Waals surface area contributed by atoms with Crippen LogP contribution in [0.3, 0.4) is 0 Å². The number of hydrogen-bond donors (Lipinski definition) is 0. The second kappa shape index (κ2) is 7.01. The Labute approximate surface area is 148 Å². The Hall–Kier alpha value is -2.13. The number of ether oxygens (including phenoxy) is 1. The van der Waals surface area contributed by atoms with Gasteiger partial charge in [0.25, 0.3) is 5.82 Å². The van der Waals surface area contributed by atoms with Gasteiger partial charge in [0.1, 0.15) is 12.0 Å². The highest BCUT2D eigenvalue weighted by Crippen LogP contribution is 2.39. The van der Waals surface area contributed by atoms with Crippen molar-refractivity contribution in [2.24, 2.45) is 0 Å². The third-order valence-electron chi connectivity index (χ3n) is 4.45. The first-order chi connectivity index (χ1) is 11.6. The molecule has 0 amide bonds. The lowest BCUT2D eigenvalue weighted by molar-refractivity contribution is 0.0587. The molecule has 136 valence electrons. The molecule has 8 nitrogen and oxygen atoms in total. The van der Waals surface area contributed by atoms with E-state index in [1.54, 1.807) is 12.4 Å². The highest BCUT2D eigenvalue weighted by Gasteiger charge is 2.39. The maximum atomic E-state index is 11.6. The minimum atomic E-state index is -1.98. The Kier molecular flexibility index (Phi) is 5.38. The minimum absolute atomic E-state index is 0.0305. The molecule has 0 bridgehead atoms. The Morgan fingerprint density at radius 2 is 1.84 bits per heavy atom. The number of nitrogens with zero attached hydrogens (tertiary/aromatic N) is 5. The van der Waals surface area contributed by atoms with Crippen LogP contribution >= 0.6 is 0 Å². The predicted octanol–water partition coefficient (Wildman–Crippen LogP) is 2.93. The first-order valence-corrected chi connectivity index (χ1v) is 11.0. The van der Waals surface area contributed by atoms with E-state index in [0.717, 1.165) is 0 Å². The van der Waals surface area contributed by atoms with Gasteiger partial charge >= 0.3 is 5.97 Å². The topological polar surface area (TPSA) is 92.0 Å². The summed E-state index contributed by atoms with van der Waals surface area (Å²) >= 11 is 0. The van der Waals surface area contributed by atoms with Gasteiger partial charge in [0.2, 0.25) is 0 Å². The lowest BCUT2D eigenvalue weighted by atomic mass is 10.2. The van der Waals surface area contributed by atoms with Crippen LogP contribution in [0.5, 0.6) is 0 Å². The number of aromatic nitrogens is 5. The number of esters is 1. The molecule has 2 aromatic heterocycles. The molecule has 0 unspecified atom stereocenters. The highest BCUT2D eigenvalue weighted by atomic mass is 28.4. The number of carbonyl (C=O) groups excluding carboxylic acids is 1. The molecule has 0 aromatic carbocycles. The lowest BCUT2D eigenvalue weighted by Crippen LogP contribution is -2.41. The number of carbonyl (C=O) groups is 1. The van der Waals surface area contributed by atoms with Crippen molar-refractivity contribution in [2.75, 3.05) is 7.11 Å². The van der Waals surface area contributed by atoms with Gasteiger partial charge in [-0.1, -0.05) is 20.8 Å². The van der Waals surface area contributed by atoms with Crippen LogP contribution in [0.25, 0.3) is 5.82 Å². The van der Waals surface area contributed by atoms with Crippen LogP contribution in [0.15, 0.2) is 18.7 Å². The van der Waals surface area contributed by atoms with Crippen molar-refractivity contribution in [3.8, 4) is 5.82 Å². The van der Waals surface area contributed by atoms with Crippen molar-refractivity contribution >= 4 is 14.3 Å². The average Bonchev–Trinajstić information content (AvgIpc) is 3.02. The molecule has 0 spiro atoms.